The predicted octanol–water partition coefficient (Wildman–Crippen LogP) is 4.74. The Bertz CT molecular complexity index is 649. The molecule has 0 spiro atoms. The Hall–Kier alpha value is -1.50. The van der Waals surface area contributed by atoms with Crippen molar-refractivity contribution in [2.75, 3.05) is 11.9 Å². The van der Waals surface area contributed by atoms with Gasteiger partial charge in [0.1, 0.15) is 0 Å². The average molecular weight is 350 g/mol. The van der Waals surface area contributed by atoms with Crippen LogP contribution in [0.25, 0.3) is 0 Å². The first-order chi connectivity index (χ1) is 9.63. The molecule has 0 amide bonds. The van der Waals surface area contributed by atoms with Crippen molar-refractivity contribution in [3.8, 4) is 6.07 Å². The lowest BCUT2D eigenvalue weighted by Gasteiger charge is -2.22. The quantitative estimate of drug-likeness (QED) is 0.745. The second-order valence-electron chi connectivity index (χ2n) is 4.57. The fourth-order valence-corrected chi connectivity index (χ4v) is 2.78. The van der Waals surface area contributed by atoms with E-state index in [4.69, 9.17) is 16.9 Å². The minimum atomic E-state index is 0.688. The smallest absolute Gasteiger partial charge is 0.0991 e. The van der Waals surface area contributed by atoms with Crippen LogP contribution < -0.4 is 4.90 Å². The molecule has 20 heavy (non-hydrogen) atoms. The summed E-state index contributed by atoms with van der Waals surface area (Å²) >= 11 is 9.52. The lowest BCUT2D eigenvalue weighted by molar-refractivity contribution is 0.916. The van der Waals surface area contributed by atoms with E-state index < -0.39 is 0 Å². The summed E-state index contributed by atoms with van der Waals surface area (Å²) in [5, 5.41) is 10.4. The molecule has 0 saturated heterocycles. The summed E-state index contributed by atoms with van der Waals surface area (Å²) in [6.45, 7) is 0.747. The summed E-state index contributed by atoms with van der Waals surface area (Å²) in [4.78, 5) is 2.16. The SMILES string of the molecule is CN(Cc1cccc(C#N)c1)c1ccc(Cl)cc1CBr. The van der Waals surface area contributed by atoms with Crippen molar-refractivity contribution < 1.29 is 0 Å². The van der Waals surface area contributed by atoms with E-state index in [0.717, 1.165) is 33.7 Å². The first kappa shape index (κ1) is 14.9. The third kappa shape index (κ3) is 3.53. The third-order valence-corrected chi connectivity index (χ3v) is 3.91. The molecule has 0 N–H and O–H groups in total. The number of rotatable bonds is 4. The molecule has 0 fully saturated rings. The first-order valence-electron chi connectivity index (χ1n) is 6.18. The van der Waals surface area contributed by atoms with Crippen molar-refractivity contribution in [3.05, 3.63) is 64.2 Å². The van der Waals surface area contributed by atoms with Crippen LogP contribution in [0.5, 0.6) is 0 Å². The van der Waals surface area contributed by atoms with Crippen LogP contribution in [0.15, 0.2) is 42.5 Å². The van der Waals surface area contributed by atoms with Gasteiger partial charge in [0.15, 0.2) is 0 Å². The fourth-order valence-electron chi connectivity index (χ4n) is 2.13. The standard InChI is InChI=1S/C16H14BrClN2/c1-20(11-13-4-2-3-12(7-13)10-19)16-6-5-15(18)8-14(16)9-17/h2-8H,9,11H2,1H3. The largest absolute Gasteiger partial charge is 0.370 e. The van der Waals surface area contributed by atoms with E-state index in [9.17, 15) is 0 Å². The van der Waals surface area contributed by atoms with Gasteiger partial charge in [0.2, 0.25) is 0 Å². The zero-order valence-corrected chi connectivity index (χ0v) is 13.4. The van der Waals surface area contributed by atoms with Gasteiger partial charge in [-0.05, 0) is 41.5 Å². The Labute approximate surface area is 132 Å². The van der Waals surface area contributed by atoms with Crippen LogP contribution in [0.4, 0.5) is 5.69 Å². The van der Waals surface area contributed by atoms with Crippen LogP contribution in [-0.2, 0) is 11.9 Å². The van der Waals surface area contributed by atoms with E-state index in [-0.39, 0.29) is 0 Å². The van der Waals surface area contributed by atoms with E-state index in [1.165, 1.54) is 0 Å². The molecule has 0 bridgehead atoms. The summed E-state index contributed by atoms with van der Waals surface area (Å²) in [5.41, 5.74) is 4.08. The highest BCUT2D eigenvalue weighted by Crippen LogP contribution is 2.26. The van der Waals surface area contributed by atoms with E-state index in [1.807, 2.05) is 49.5 Å². The highest BCUT2D eigenvalue weighted by molar-refractivity contribution is 9.08. The number of halogens is 2. The molecular formula is C16H14BrClN2. The van der Waals surface area contributed by atoms with Gasteiger partial charge in [0, 0.05) is 29.6 Å². The molecule has 2 nitrogen and oxygen atoms in total. The maximum absolute atomic E-state index is 8.94. The van der Waals surface area contributed by atoms with E-state index in [0.29, 0.717) is 5.56 Å². The maximum atomic E-state index is 8.94. The Kier molecular flexibility index (Phi) is 5.05. The van der Waals surface area contributed by atoms with Crippen LogP contribution in [0, 0.1) is 11.3 Å². The molecule has 0 aromatic heterocycles. The van der Waals surface area contributed by atoms with Crippen molar-refractivity contribution in [2.24, 2.45) is 0 Å². The normalized spacial score (nSPS) is 10.1. The molecule has 2 aromatic rings. The average Bonchev–Trinajstić information content (AvgIpc) is 2.47. The van der Waals surface area contributed by atoms with Crippen LogP contribution in [-0.4, -0.2) is 7.05 Å². The molecule has 4 heteroatoms. The number of nitriles is 1. The number of benzene rings is 2. The summed E-state index contributed by atoms with van der Waals surface area (Å²) in [6.07, 6.45) is 0. The fraction of sp³-hybridized carbons (Fsp3) is 0.188. The molecule has 2 aromatic carbocycles. The number of anilines is 1. The summed E-state index contributed by atoms with van der Waals surface area (Å²) in [5.74, 6) is 0. The lowest BCUT2D eigenvalue weighted by Crippen LogP contribution is -2.17. The molecule has 0 saturated carbocycles. The Balaban J connectivity index is 2.23. The van der Waals surface area contributed by atoms with Crippen molar-refractivity contribution >= 4 is 33.2 Å². The molecule has 0 radical (unpaired) electrons. The highest BCUT2D eigenvalue weighted by Gasteiger charge is 2.08. The van der Waals surface area contributed by atoms with Crippen LogP contribution in [0.1, 0.15) is 16.7 Å². The van der Waals surface area contributed by atoms with Crippen LogP contribution in [0.3, 0.4) is 0 Å². The molecular weight excluding hydrogens is 336 g/mol. The Morgan fingerprint density at radius 1 is 1.25 bits per heavy atom. The van der Waals surface area contributed by atoms with Crippen molar-refractivity contribution in [3.63, 3.8) is 0 Å². The highest BCUT2D eigenvalue weighted by atomic mass is 79.9. The summed E-state index contributed by atoms with van der Waals surface area (Å²) < 4.78 is 0. The van der Waals surface area contributed by atoms with Gasteiger partial charge in [-0.25, -0.2) is 0 Å². The van der Waals surface area contributed by atoms with Crippen LogP contribution >= 0.6 is 27.5 Å². The maximum Gasteiger partial charge on any atom is 0.0991 e. The predicted molar refractivity (Wildman–Crippen MR) is 87.3 cm³/mol. The Morgan fingerprint density at radius 3 is 2.75 bits per heavy atom. The molecule has 0 aliphatic heterocycles. The monoisotopic (exact) mass is 348 g/mol. The third-order valence-electron chi connectivity index (χ3n) is 3.07. The van der Waals surface area contributed by atoms with E-state index in [2.05, 4.69) is 26.9 Å². The second kappa shape index (κ2) is 6.78. The number of hydrogen-bond acceptors (Lipinski definition) is 2. The van der Waals surface area contributed by atoms with Gasteiger partial charge in [-0.3, -0.25) is 0 Å². The van der Waals surface area contributed by atoms with Gasteiger partial charge in [-0.1, -0.05) is 39.7 Å². The zero-order valence-electron chi connectivity index (χ0n) is 11.1. The van der Waals surface area contributed by atoms with E-state index >= 15 is 0 Å². The number of nitrogens with zero attached hydrogens (tertiary/aromatic N) is 2. The molecule has 2 rings (SSSR count). The van der Waals surface area contributed by atoms with Gasteiger partial charge >= 0.3 is 0 Å². The van der Waals surface area contributed by atoms with Gasteiger partial charge in [0.05, 0.1) is 11.6 Å². The number of alkyl halides is 1. The molecule has 0 atom stereocenters. The van der Waals surface area contributed by atoms with Gasteiger partial charge in [-0.2, -0.15) is 5.26 Å². The Morgan fingerprint density at radius 2 is 2.05 bits per heavy atom. The summed E-state index contributed by atoms with van der Waals surface area (Å²) in [6, 6.07) is 15.7. The first-order valence-corrected chi connectivity index (χ1v) is 7.68. The van der Waals surface area contributed by atoms with Crippen molar-refractivity contribution in [2.45, 2.75) is 11.9 Å². The minimum absolute atomic E-state index is 0.688. The van der Waals surface area contributed by atoms with Gasteiger partial charge in [0.25, 0.3) is 0 Å². The topological polar surface area (TPSA) is 27.0 Å². The minimum Gasteiger partial charge on any atom is -0.370 e. The zero-order chi connectivity index (χ0) is 14.5. The van der Waals surface area contributed by atoms with Crippen molar-refractivity contribution in [1.82, 2.24) is 0 Å². The molecule has 0 aliphatic rings. The van der Waals surface area contributed by atoms with Gasteiger partial charge in [-0.15, -0.1) is 0 Å². The molecule has 102 valence electrons. The molecule has 0 heterocycles. The van der Waals surface area contributed by atoms with Crippen molar-refractivity contribution in [1.29, 1.82) is 5.26 Å². The van der Waals surface area contributed by atoms with E-state index in [1.54, 1.807) is 0 Å². The second-order valence-corrected chi connectivity index (χ2v) is 5.57. The number of hydrogen-bond donors (Lipinski definition) is 0. The van der Waals surface area contributed by atoms with Gasteiger partial charge < -0.3 is 4.90 Å². The molecule has 0 aliphatic carbocycles. The summed E-state index contributed by atoms with van der Waals surface area (Å²) in [7, 11) is 2.04. The molecule has 0 unspecified atom stereocenters. The van der Waals surface area contributed by atoms with Crippen LogP contribution in [0.2, 0.25) is 5.02 Å². The lowest BCUT2D eigenvalue weighted by atomic mass is 10.1.